The summed E-state index contributed by atoms with van der Waals surface area (Å²) in [5.74, 6) is 0.590. The Balaban J connectivity index is 1.39. The zero-order chi connectivity index (χ0) is 17.1. The number of hydrogen-bond donors (Lipinski definition) is 0. The summed E-state index contributed by atoms with van der Waals surface area (Å²) in [5, 5.41) is 15.1. The Hall–Kier alpha value is -3.33. The highest BCUT2D eigenvalue weighted by Gasteiger charge is 2.13. The molecule has 8 nitrogen and oxygen atoms in total. The third kappa shape index (κ3) is 3.31. The van der Waals surface area contributed by atoms with Crippen LogP contribution in [0.5, 0.6) is 0 Å². The molecule has 0 fully saturated rings. The summed E-state index contributed by atoms with van der Waals surface area (Å²) in [6, 6.07) is 8.52. The molecule has 0 atom stereocenters. The van der Waals surface area contributed by atoms with Gasteiger partial charge in [-0.25, -0.2) is 4.79 Å². The van der Waals surface area contributed by atoms with Gasteiger partial charge in [0.2, 0.25) is 18.1 Å². The highest BCUT2D eigenvalue weighted by molar-refractivity contribution is 7.08. The van der Waals surface area contributed by atoms with E-state index >= 15 is 0 Å². The van der Waals surface area contributed by atoms with Gasteiger partial charge in [0.1, 0.15) is 0 Å². The van der Waals surface area contributed by atoms with Crippen LogP contribution in [0.3, 0.4) is 0 Å². The third-order valence-electron chi connectivity index (χ3n) is 3.30. The van der Waals surface area contributed by atoms with E-state index in [-0.39, 0.29) is 12.5 Å². The summed E-state index contributed by atoms with van der Waals surface area (Å²) in [6.45, 7) is -0.0959. The van der Waals surface area contributed by atoms with Gasteiger partial charge in [-0.1, -0.05) is 5.16 Å². The molecule has 0 bridgehead atoms. The maximum atomic E-state index is 12.1. The lowest BCUT2D eigenvalue weighted by molar-refractivity contribution is 0.0430. The minimum Gasteiger partial charge on any atom is -0.452 e. The second kappa shape index (κ2) is 6.65. The Morgan fingerprint density at radius 3 is 2.76 bits per heavy atom. The Bertz CT molecular complexity index is 962. The fourth-order valence-corrected chi connectivity index (χ4v) is 2.72. The van der Waals surface area contributed by atoms with Crippen LogP contribution in [0.2, 0.25) is 0 Å². The van der Waals surface area contributed by atoms with Gasteiger partial charge in [0.25, 0.3) is 5.89 Å². The van der Waals surface area contributed by atoms with Crippen LogP contribution in [-0.2, 0) is 11.3 Å². The highest BCUT2D eigenvalue weighted by atomic mass is 32.1. The lowest BCUT2D eigenvalue weighted by atomic mass is 10.1. The number of thiophene rings is 1. The number of benzene rings is 1. The molecule has 0 aliphatic heterocycles. The van der Waals surface area contributed by atoms with Crippen molar-refractivity contribution in [2.24, 2.45) is 0 Å². The largest absolute Gasteiger partial charge is 0.452 e. The molecule has 0 aliphatic rings. The van der Waals surface area contributed by atoms with E-state index in [2.05, 4.69) is 20.3 Å². The standard InChI is InChI=1S/C16H10N4O4S/c21-16(11-3-1-10(2-4-11)15-19-17-9-23-15)22-7-13-18-14(20-24-13)12-5-6-25-8-12/h1-6,8-9H,7H2. The number of carbonyl (C=O) groups is 1. The zero-order valence-electron chi connectivity index (χ0n) is 12.7. The van der Waals surface area contributed by atoms with Gasteiger partial charge >= 0.3 is 5.97 Å². The van der Waals surface area contributed by atoms with Gasteiger partial charge < -0.3 is 13.7 Å². The first-order valence-corrected chi connectivity index (χ1v) is 8.13. The van der Waals surface area contributed by atoms with Gasteiger partial charge in [0.05, 0.1) is 5.56 Å². The maximum absolute atomic E-state index is 12.1. The summed E-state index contributed by atoms with van der Waals surface area (Å²) in [7, 11) is 0. The van der Waals surface area contributed by atoms with Crippen molar-refractivity contribution in [2.75, 3.05) is 0 Å². The van der Waals surface area contributed by atoms with Crippen LogP contribution in [0.15, 0.2) is 56.4 Å². The minimum absolute atomic E-state index is 0.0959. The number of nitrogens with zero attached hydrogens (tertiary/aromatic N) is 4. The van der Waals surface area contributed by atoms with Crippen LogP contribution in [0.4, 0.5) is 0 Å². The minimum atomic E-state index is -0.493. The summed E-state index contributed by atoms with van der Waals surface area (Å²) in [4.78, 5) is 16.3. The summed E-state index contributed by atoms with van der Waals surface area (Å²) < 4.78 is 15.4. The predicted molar refractivity (Wildman–Crippen MR) is 86.5 cm³/mol. The van der Waals surface area contributed by atoms with E-state index in [0.717, 1.165) is 5.56 Å². The lowest BCUT2D eigenvalue weighted by Gasteiger charge is -2.02. The van der Waals surface area contributed by atoms with Crippen LogP contribution in [0.1, 0.15) is 16.2 Å². The first-order chi connectivity index (χ1) is 12.3. The van der Waals surface area contributed by atoms with Gasteiger partial charge in [0.15, 0.2) is 6.61 Å². The van der Waals surface area contributed by atoms with Crippen LogP contribution in [0.25, 0.3) is 22.8 Å². The van der Waals surface area contributed by atoms with Crippen molar-refractivity contribution in [3.63, 3.8) is 0 Å². The van der Waals surface area contributed by atoms with E-state index in [1.807, 2.05) is 16.8 Å². The van der Waals surface area contributed by atoms with Crippen molar-refractivity contribution in [3.05, 3.63) is 58.9 Å². The maximum Gasteiger partial charge on any atom is 0.338 e. The molecule has 9 heteroatoms. The lowest BCUT2D eigenvalue weighted by Crippen LogP contribution is -2.05. The summed E-state index contributed by atoms with van der Waals surface area (Å²) in [6.07, 6.45) is 1.24. The fourth-order valence-electron chi connectivity index (χ4n) is 2.08. The van der Waals surface area contributed by atoms with Crippen molar-refractivity contribution in [2.45, 2.75) is 6.61 Å². The normalized spacial score (nSPS) is 10.7. The average molecular weight is 354 g/mol. The highest BCUT2D eigenvalue weighted by Crippen LogP contribution is 2.19. The molecule has 3 heterocycles. The SMILES string of the molecule is O=C(OCc1nc(-c2ccsc2)no1)c1ccc(-c2nnco2)cc1. The smallest absolute Gasteiger partial charge is 0.338 e. The number of esters is 1. The molecule has 0 amide bonds. The van der Waals surface area contributed by atoms with Crippen molar-refractivity contribution in [1.82, 2.24) is 20.3 Å². The van der Waals surface area contributed by atoms with Crippen LogP contribution in [-0.4, -0.2) is 26.3 Å². The van der Waals surface area contributed by atoms with E-state index in [1.54, 1.807) is 24.3 Å². The molecule has 1 aromatic carbocycles. The fraction of sp³-hybridized carbons (Fsp3) is 0.0625. The molecule has 0 N–H and O–H groups in total. The summed E-state index contributed by atoms with van der Waals surface area (Å²) in [5.41, 5.74) is 1.97. The molecule has 25 heavy (non-hydrogen) atoms. The Kier molecular flexibility index (Phi) is 4.05. The Morgan fingerprint density at radius 2 is 2.04 bits per heavy atom. The number of carbonyl (C=O) groups excluding carboxylic acids is 1. The molecule has 0 radical (unpaired) electrons. The monoisotopic (exact) mass is 354 g/mol. The van der Waals surface area contributed by atoms with Gasteiger partial charge in [-0.15, -0.1) is 10.2 Å². The second-order valence-corrected chi connectivity index (χ2v) is 5.70. The molecule has 0 aliphatic carbocycles. The zero-order valence-corrected chi connectivity index (χ0v) is 13.5. The van der Waals surface area contributed by atoms with E-state index in [0.29, 0.717) is 22.8 Å². The van der Waals surface area contributed by atoms with Crippen LogP contribution >= 0.6 is 11.3 Å². The first kappa shape index (κ1) is 15.2. The van der Waals surface area contributed by atoms with Crippen molar-refractivity contribution in [1.29, 1.82) is 0 Å². The van der Waals surface area contributed by atoms with Gasteiger partial charge in [-0.3, -0.25) is 0 Å². The molecule has 0 spiro atoms. The first-order valence-electron chi connectivity index (χ1n) is 7.18. The predicted octanol–water partition coefficient (Wildman–Crippen LogP) is 3.21. The van der Waals surface area contributed by atoms with Gasteiger partial charge in [0, 0.05) is 16.5 Å². The van der Waals surface area contributed by atoms with Crippen molar-refractivity contribution in [3.8, 4) is 22.8 Å². The molecule has 0 saturated carbocycles. The summed E-state index contributed by atoms with van der Waals surface area (Å²) >= 11 is 1.54. The Morgan fingerprint density at radius 1 is 1.16 bits per heavy atom. The number of aromatic nitrogens is 4. The molecule has 124 valence electrons. The van der Waals surface area contributed by atoms with E-state index in [9.17, 15) is 4.79 Å². The molecular weight excluding hydrogens is 344 g/mol. The topological polar surface area (TPSA) is 104 Å². The van der Waals surface area contributed by atoms with E-state index < -0.39 is 5.97 Å². The average Bonchev–Trinajstić information content (AvgIpc) is 3.42. The number of hydrogen-bond acceptors (Lipinski definition) is 9. The van der Waals surface area contributed by atoms with E-state index in [4.69, 9.17) is 13.7 Å². The molecule has 4 rings (SSSR count). The number of ether oxygens (including phenoxy) is 1. The third-order valence-corrected chi connectivity index (χ3v) is 3.99. The molecular formula is C16H10N4O4S. The number of rotatable bonds is 5. The van der Waals surface area contributed by atoms with E-state index in [1.165, 1.54) is 17.7 Å². The second-order valence-electron chi connectivity index (χ2n) is 4.92. The quantitative estimate of drug-likeness (QED) is 0.503. The van der Waals surface area contributed by atoms with Gasteiger partial charge in [-0.2, -0.15) is 16.3 Å². The van der Waals surface area contributed by atoms with Crippen LogP contribution in [0, 0.1) is 0 Å². The Labute approximate surface area is 145 Å². The van der Waals surface area contributed by atoms with Crippen molar-refractivity contribution >= 4 is 17.3 Å². The molecule has 3 aromatic heterocycles. The molecule has 0 saturated heterocycles. The van der Waals surface area contributed by atoms with Crippen LogP contribution < -0.4 is 0 Å². The molecule has 4 aromatic rings. The molecule has 0 unspecified atom stereocenters. The van der Waals surface area contributed by atoms with Gasteiger partial charge in [-0.05, 0) is 35.7 Å². The van der Waals surface area contributed by atoms with Crippen molar-refractivity contribution < 1.29 is 18.5 Å².